The van der Waals surface area contributed by atoms with Crippen molar-refractivity contribution in [3.05, 3.63) is 11.4 Å². The molecule has 1 aromatic heterocycles. The fourth-order valence-corrected chi connectivity index (χ4v) is 1.21. The summed E-state index contributed by atoms with van der Waals surface area (Å²) in [5.41, 5.74) is 1.20. The van der Waals surface area contributed by atoms with E-state index in [0.717, 1.165) is 18.5 Å². The smallest absolute Gasteiger partial charge is 0.172 e. The Hall–Kier alpha value is -1.23. The van der Waals surface area contributed by atoms with Gasteiger partial charge in [0, 0.05) is 0 Å². The molecule has 72 valence electrons. The Balaban J connectivity index is 2.91. The molecule has 0 aromatic carbocycles. The molecule has 1 heterocycles. The number of nitrogens with zero attached hydrogens (tertiary/aromatic N) is 3. The van der Waals surface area contributed by atoms with Gasteiger partial charge in [0.1, 0.15) is 5.69 Å². The summed E-state index contributed by atoms with van der Waals surface area (Å²) in [5.74, 6) is 0. The van der Waals surface area contributed by atoms with Crippen molar-refractivity contribution in [2.75, 3.05) is 6.61 Å². The molecule has 5 nitrogen and oxygen atoms in total. The third-order valence-electron chi connectivity index (χ3n) is 1.78. The van der Waals surface area contributed by atoms with Crippen molar-refractivity contribution >= 4 is 6.29 Å². The average Bonchev–Trinajstić information content (AvgIpc) is 2.50. The Morgan fingerprint density at radius 3 is 2.92 bits per heavy atom. The fourth-order valence-electron chi connectivity index (χ4n) is 1.21. The van der Waals surface area contributed by atoms with Crippen LogP contribution >= 0.6 is 0 Å². The molecule has 1 N–H and O–H groups in total. The number of rotatable bonds is 5. The SMILES string of the molecule is CCCc1c(C=O)nnn1CCO. The van der Waals surface area contributed by atoms with Crippen molar-refractivity contribution in [1.82, 2.24) is 15.0 Å². The molecule has 0 saturated heterocycles. The normalized spacial score (nSPS) is 10.3. The van der Waals surface area contributed by atoms with E-state index < -0.39 is 0 Å². The van der Waals surface area contributed by atoms with Crippen LogP contribution in [0.4, 0.5) is 0 Å². The number of hydrogen-bond acceptors (Lipinski definition) is 4. The second kappa shape index (κ2) is 4.71. The molecule has 0 bridgehead atoms. The summed E-state index contributed by atoms with van der Waals surface area (Å²) in [4.78, 5) is 10.5. The number of aromatic nitrogens is 3. The number of carbonyl (C=O) groups excluding carboxylic acids is 1. The van der Waals surface area contributed by atoms with E-state index in [2.05, 4.69) is 10.3 Å². The van der Waals surface area contributed by atoms with Crippen molar-refractivity contribution < 1.29 is 9.90 Å². The lowest BCUT2D eigenvalue weighted by Gasteiger charge is -2.02. The zero-order valence-electron chi connectivity index (χ0n) is 7.60. The molecule has 0 aliphatic carbocycles. The van der Waals surface area contributed by atoms with Gasteiger partial charge in [-0.3, -0.25) is 4.79 Å². The molecular formula is C8H13N3O2. The van der Waals surface area contributed by atoms with Crippen molar-refractivity contribution in [1.29, 1.82) is 0 Å². The van der Waals surface area contributed by atoms with Crippen molar-refractivity contribution in [2.24, 2.45) is 0 Å². The monoisotopic (exact) mass is 183 g/mol. The van der Waals surface area contributed by atoms with Gasteiger partial charge in [-0.05, 0) is 6.42 Å². The largest absolute Gasteiger partial charge is 0.394 e. The summed E-state index contributed by atoms with van der Waals surface area (Å²) >= 11 is 0. The van der Waals surface area contributed by atoms with E-state index in [4.69, 9.17) is 5.11 Å². The molecule has 1 aromatic rings. The van der Waals surface area contributed by atoms with Crippen LogP contribution in [0.5, 0.6) is 0 Å². The molecular weight excluding hydrogens is 170 g/mol. The van der Waals surface area contributed by atoms with Crippen LogP contribution in [-0.2, 0) is 13.0 Å². The van der Waals surface area contributed by atoms with E-state index >= 15 is 0 Å². The first-order chi connectivity index (χ1) is 6.33. The van der Waals surface area contributed by atoms with Gasteiger partial charge in [0.05, 0.1) is 18.8 Å². The third-order valence-corrected chi connectivity index (χ3v) is 1.78. The minimum atomic E-state index is 0.0123. The van der Waals surface area contributed by atoms with Crippen LogP contribution in [0, 0.1) is 0 Å². The first kappa shape index (κ1) is 9.85. The molecule has 1 rings (SSSR count). The predicted molar refractivity (Wildman–Crippen MR) is 46.5 cm³/mol. The first-order valence-corrected chi connectivity index (χ1v) is 4.31. The van der Waals surface area contributed by atoms with Crippen LogP contribution in [0.25, 0.3) is 0 Å². The summed E-state index contributed by atoms with van der Waals surface area (Å²) in [6.07, 6.45) is 2.40. The summed E-state index contributed by atoms with van der Waals surface area (Å²) in [6.45, 7) is 2.43. The molecule has 0 atom stereocenters. The van der Waals surface area contributed by atoms with Crippen LogP contribution in [0.3, 0.4) is 0 Å². The molecule has 13 heavy (non-hydrogen) atoms. The fraction of sp³-hybridized carbons (Fsp3) is 0.625. The van der Waals surface area contributed by atoms with Gasteiger partial charge in [0.2, 0.25) is 0 Å². The Bertz CT molecular complexity index is 283. The summed E-state index contributed by atoms with van der Waals surface area (Å²) in [7, 11) is 0. The molecule has 0 radical (unpaired) electrons. The molecule has 0 aliphatic heterocycles. The van der Waals surface area contributed by atoms with E-state index in [1.54, 1.807) is 4.68 Å². The van der Waals surface area contributed by atoms with Gasteiger partial charge < -0.3 is 5.11 Å². The van der Waals surface area contributed by atoms with E-state index in [-0.39, 0.29) is 6.61 Å². The van der Waals surface area contributed by atoms with Crippen LogP contribution < -0.4 is 0 Å². The lowest BCUT2D eigenvalue weighted by molar-refractivity contribution is 0.111. The zero-order chi connectivity index (χ0) is 9.68. The third kappa shape index (κ3) is 2.12. The molecule has 0 fully saturated rings. The van der Waals surface area contributed by atoms with Crippen LogP contribution in [0.15, 0.2) is 0 Å². The Labute approximate surface area is 76.4 Å². The maximum Gasteiger partial charge on any atom is 0.172 e. The number of carbonyl (C=O) groups is 1. The lowest BCUT2D eigenvalue weighted by Crippen LogP contribution is -2.08. The van der Waals surface area contributed by atoms with Crippen LogP contribution in [-0.4, -0.2) is 33.0 Å². The maximum absolute atomic E-state index is 10.5. The topological polar surface area (TPSA) is 68.0 Å². The van der Waals surface area contributed by atoms with Gasteiger partial charge in [0.15, 0.2) is 6.29 Å². The molecule has 0 unspecified atom stereocenters. The average molecular weight is 183 g/mol. The Kier molecular flexibility index (Phi) is 3.57. The van der Waals surface area contributed by atoms with Crippen molar-refractivity contribution in [3.8, 4) is 0 Å². The number of aldehydes is 1. The van der Waals surface area contributed by atoms with Gasteiger partial charge in [-0.2, -0.15) is 0 Å². The predicted octanol–water partition coefficient (Wildman–Crippen LogP) is 0.0354. The molecule has 0 aliphatic rings. The second-order valence-corrected chi connectivity index (χ2v) is 2.74. The highest BCUT2D eigenvalue weighted by Gasteiger charge is 2.09. The zero-order valence-corrected chi connectivity index (χ0v) is 7.60. The van der Waals surface area contributed by atoms with E-state index in [1.807, 2.05) is 6.92 Å². The van der Waals surface area contributed by atoms with Gasteiger partial charge in [-0.1, -0.05) is 18.6 Å². The molecule has 5 heteroatoms. The van der Waals surface area contributed by atoms with Crippen LogP contribution in [0.2, 0.25) is 0 Å². The number of hydrogen-bond donors (Lipinski definition) is 1. The first-order valence-electron chi connectivity index (χ1n) is 4.31. The highest BCUT2D eigenvalue weighted by atomic mass is 16.3. The number of aliphatic hydroxyl groups excluding tert-OH is 1. The van der Waals surface area contributed by atoms with E-state index in [9.17, 15) is 4.79 Å². The van der Waals surface area contributed by atoms with Crippen molar-refractivity contribution in [2.45, 2.75) is 26.3 Å². The second-order valence-electron chi connectivity index (χ2n) is 2.74. The number of aliphatic hydroxyl groups is 1. The van der Waals surface area contributed by atoms with Gasteiger partial charge >= 0.3 is 0 Å². The van der Waals surface area contributed by atoms with Gasteiger partial charge in [-0.15, -0.1) is 5.10 Å². The Morgan fingerprint density at radius 1 is 1.62 bits per heavy atom. The summed E-state index contributed by atoms with van der Waals surface area (Å²) in [6, 6.07) is 0. The van der Waals surface area contributed by atoms with Gasteiger partial charge in [-0.25, -0.2) is 4.68 Å². The highest BCUT2D eigenvalue weighted by molar-refractivity contribution is 5.73. The minimum absolute atomic E-state index is 0.0123. The highest BCUT2D eigenvalue weighted by Crippen LogP contribution is 2.05. The van der Waals surface area contributed by atoms with E-state index in [1.165, 1.54) is 0 Å². The lowest BCUT2D eigenvalue weighted by atomic mass is 10.2. The summed E-state index contributed by atoms with van der Waals surface area (Å²) < 4.78 is 1.58. The quantitative estimate of drug-likeness (QED) is 0.654. The van der Waals surface area contributed by atoms with Crippen LogP contribution in [0.1, 0.15) is 29.5 Å². The molecule has 0 spiro atoms. The maximum atomic E-state index is 10.5. The van der Waals surface area contributed by atoms with E-state index in [0.29, 0.717) is 18.5 Å². The Morgan fingerprint density at radius 2 is 2.38 bits per heavy atom. The molecule has 0 saturated carbocycles. The van der Waals surface area contributed by atoms with Crippen molar-refractivity contribution in [3.63, 3.8) is 0 Å². The van der Waals surface area contributed by atoms with Gasteiger partial charge in [0.25, 0.3) is 0 Å². The molecule has 0 amide bonds. The standard InChI is InChI=1S/C8H13N3O2/c1-2-3-8-7(6-13)9-10-11(8)4-5-12/h6,12H,2-5H2,1H3. The minimum Gasteiger partial charge on any atom is -0.394 e. The summed E-state index contributed by atoms with van der Waals surface area (Å²) in [5, 5.41) is 16.2.